The molecule has 0 aromatic carbocycles. The van der Waals surface area contributed by atoms with E-state index in [1.165, 1.54) is 11.1 Å². The number of halogens is 1. The third-order valence-corrected chi connectivity index (χ3v) is 6.22. The van der Waals surface area contributed by atoms with Crippen molar-refractivity contribution in [3.05, 3.63) is 52.5 Å². The van der Waals surface area contributed by atoms with Gasteiger partial charge in [-0.15, -0.1) is 10.2 Å². The number of thioether (sulfide) groups is 1. The van der Waals surface area contributed by atoms with Crippen LogP contribution < -0.4 is 0 Å². The summed E-state index contributed by atoms with van der Waals surface area (Å²) in [4.78, 5) is 9.67. The standard InChI is InChI=1S/C20H22ClN5S/c1-4-27-16-9-14(13-7-5-12(2)6-8-13)11-22-18(16)20-23-15-10-17(21)24-25-19(15)26(20)3/h5,7-12,16,18H,4,6H2,1-3H3. The maximum absolute atomic E-state index is 5.98. The molecule has 2 aromatic rings. The van der Waals surface area contributed by atoms with E-state index in [0.717, 1.165) is 29.2 Å². The topological polar surface area (TPSA) is 56.0 Å². The minimum Gasteiger partial charge on any atom is -0.312 e. The van der Waals surface area contributed by atoms with Crippen LogP contribution in [0.5, 0.6) is 0 Å². The third-order valence-electron chi connectivity index (χ3n) is 4.92. The van der Waals surface area contributed by atoms with Crippen molar-refractivity contribution in [2.45, 2.75) is 31.6 Å². The van der Waals surface area contributed by atoms with Crippen LogP contribution in [-0.4, -0.2) is 37.0 Å². The van der Waals surface area contributed by atoms with E-state index in [0.29, 0.717) is 11.1 Å². The van der Waals surface area contributed by atoms with Crippen LogP contribution in [0.3, 0.4) is 0 Å². The minimum absolute atomic E-state index is 0.0521. The van der Waals surface area contributed by atoms with Crippen LogP contribution in [0.2, 0.25) is 5.15 Å². The van der Waals surface area contributed by atoms with Gasteiger partial charge < -0.3 is 4.57 Å². The fourth-order valence-electron chi connectivity index (χ4n) is 3.46. The lowest BCUT2D eigenvalue weighted by molar-refractivity contribution is 0.656. The zero-order valence-corrected chi connectivity index (χ0v) is 17.2. The molecule has 140 valence electrons. The van der Waals surface area contributed by atoms with Crippen molar-refractivity contribution in [2.24, 2.45) is 18.0 Å². The highest BCUT2D eigenvalue weighted by molar-refractivity contribution is 8.00. The van der Waals surface area contributed by atoms with E-state index in [4.69, 9.17) is 21.6 Å². The van der Waals surface area contributed by atoms with Crippen LogP contribution in [0.15, 0.2) is 46.5 Å². The summed E-state index contributed by atoms with van der Waals surface area (Å²) in [6, 6.07) is 1.70. The fourth-order valence-corrected chi connectivity index (χ4v) is 4.60. The van der Waals surface area contributed by atoms with E-state index in [1.807, 2.05) is 29.6 Å². The van der Waals surface area contributed by atoms with Gasteiger partial charge >= 0.3 is 0 Å². The Balaban J connectivity index is 1.69. The normalized spacial score (nSPS) is 25.0. The van der Waals surface area contributed by atoms with Crippen molar-refractivity contribution in [3.8, 4) is 0 Å². The Kier molecular flexibility index (Phi) is 5.19. The fraction of sp³-hybridized carbons (Fsp3) is 0.400. The molecule has 5 nitrogen and oxygen atoms in total. The van der Waals surface area contributed by atoms with Gasteiger partial charge in [-0.1, -0.05) is 49.8 Å². The first-order valence-electron chi connectivity index (χ1n) is 9.17. The van der Waals surface area contributed by atoms with Crippen LogP contribution in [0.4, 0.5) is 0 Å². The maximum atomic E-state index is 5.98. The van der Waals surface area contributed by atoms with Gasteiger partial charge in [0.05, 0.1) is 5.25 Å². The lowest BCUT2D eigenvalue weighted by Crippen LogP contribution is -2.20. The number of fused-ring (bicyclic) bond motifs is 1. The molecule has 3 heterocycles. The molecule has 0 N–H and O–H groups in total. The molecule has 1 aliphatic heterocycles. The second-order valence-electron chi connectivity index (χ2n) is 6.90. The molecule has 4 rings (SSSR count). The number of hydrogen-bond donors (Lipinski definition) is 0. The van der Waals surface area contributed by atoms with Gasteiger partial charge in [0, 0.05) is 19.3 Å². The molecule has 0 saturated carbocycles. The zero-order valence-electron chi connectivity index (χ0n) is 15.6. The number of dihydropyridines is 1. The first-order chi connectivity index (χ1) is 13.1. The van der Waals surface area contributed by atoms with Gasteiger partial charge in [-0.05, 0) is 29.2 Å². The molecule has 0 fully saturated rings. The molecule has 7 heteroatoms. The third kappa shape index (κ3) is 3.60. The van der Waals surface area contributed by atoms with Crippen molar-refractivity contribution in [1.82, 2.24) is 19.7 Å². The Morgan fingerprint density at radius 1 is 1.30 bits per heavy atom. The largest absolute Gasteiger partial charge is 0.312 e. The second-order valence-corrected chi connectivity index (χ2v) is 8.74. The van der Waals surface area contributed by atoms with Crippen LogP contribution in [0.25, 0.3) is 11.2 Å². The molecule has 0 spiro atoms. The Hall–Kier alpha value is -1.92. The van der Waals surface area contributed by atoms with Gasteiger partial charge in [-0.2, -0.15) is 11.8 Å². The Labute approximate surface area is 168 Å². The molecule has 2 aromatic heterocycles. The van der Waals surface area contributed by atoms with Gasteiger partial charge in [0.2, 0.25) is 0 Å². The van der Waals surface area contributed by atoms with Gasteiger partial charge in [0.1, 0.15) is 17.4 Å². The SMILES string of the molecule is CCSC1C=C(C2=CCC(C)C=C2)C=NC1c1nc2cc(Cl)nnc2n1C. The number of aliphatic imine (C=N–C) groups is 1. The number of hydrogen-bond acceptors (Lipinski definition) is 5. The average molecular weight is 400 g/mol. The summed E-state index contributed by atoms with van der Waals surface area (Å²) in [7, 11) is 1.96. The lowest BCUT2D eigenvalue weighted by Gasteiger charge is -2.25. The number of aromatic nitrogens is 4. The highest BCUT2D eigenvalue weighted by Crippen LogP contribution is 2.36. The number of allylic oxidation sites excluding steroid dienone is 5. The first-order valence-corrected chi connectivity index (χ1v) is 10.6. The number of aryl methyl sites for hydroxylation is 1. The highest BCUT2D eigenvalue weighted by Gasteiger charge is 2.29. The van der Waals surface area contributed by atoms with E-state index in [9.17, 15) is 0 Å². The van der Waals surface area contributed by atoms with E-state index in [-0.39, 0.29) is 11.3 Å². The molecule has 3 atom stereocenters. The van der Waals surface area contributed by atoms with Crippen LogP contribution in [0.1, 0.15) is 32.1 Å². The van der Waals surface area contributed by atoms with Crippen molar-refractivity contribution < 1.29 is 0 Å². The highest BCUT2D eigenvalue weighted by atomic mass is 35.5. The summed E-state index contributed by atoms with van der Waals surface area (Å²) < 4.78 is 1.98. The number of rotatable bonds is 4. The van der Waals surface area contributed by atoms with Crippen molar-refractivity contribution in [2.75, 3.05) is 5.75 Å². The summed E-state index contributed by atoms with van der Waals surface area (Å²) in [6.45, 7) is 4.41. The predicted molar refractivity (Wildman–Crippen MR) is 114 cm³/mol. The summed E-state index contributed by atoms with van der Waals surface area (Å²) in [5.41, 5.74) is 3.94. The van der Waals surface area contributed by atoms with E-state index >= 15 is 0 Å². The predicted octanol–water partition coefficient (Wildman–Crippen LogP) is 4.71. The van der Waals surface area contributed by atoms with Crippen molar-refractivity contribution in [3.63, 3.8) is 0 Å². The van der Waals surface area contributed by atoms with Crippen molar-refractivity contribution in [1.29, 1.82) is 0 Å². The molecule has 0 bridgehead atoms. The first kappa shape index (κ1) is 18.4. The number of nitrogens with zero attached hydrogens (tertiary/aromatic N) is 5. The monoisotopic (exact) mass is 399 g/mol. The lowest BCUT2D eigenvalue weighted by atomic mass is 9.92. The molecule has 3 unspecified atom stereocenters. The van der Waals surface area contributed by atoms with E-state index in [1.54, 1.807) is 6.07 Å². The Bertz CT molecular complexity index is 988. The molecule has 0 radical (unpaired) electrons. The molecule has 0 saturated heterocycles. The second kappa shape index (κ2) is 7.60. The Morgan fingerprint density at radius 3 is 2.89 bits per heavy atom. The smallest absolute Gasteiger partial charge is 0.182 e. The molecule has 27 heavy (non-hydrogen) atoms. The maximum Gasteiger partial charge on any atom is 0.182 e. The number of imidazole rings is 1. The van der Waals surface area contributed by atoms with Crippen LogP contribution in [0, 0.1) is 5.92 Å². The summed E-state index contributed by atoms with van der Waals surface area (Å²) in [5, 5.41) is 8.71. The van der Waals surface area contributed by atoms with E-state index in [2.05, 4.69) is 48.3 Å². The molecule has 1 aliphatic carbocycles. The molecule has 2 aliphatic rings. The molecular formula is C20H22ClN5S. The molecule has 0 amide bonds. The van der Waals surface area contributed by atoms with Gasteiger partial charge in [0.25, 0.3) is 0 Å². The van der Waals surface area contributed by atoms with Crippen molar-refractivity contribution >= 4 is 40.7 Å². The molecular weight excluding hydrogens is 378 g/mol. The summed E-state index contributed by atoms with van der Waals surface area (Å²) in [6.07, 6.45) is 12.2. The van der Waals surface area contributed by atoms with Crippen LogP contribution in [-0.2, 0) is 7.05 Å². The van der Waals surface area contributed by atoms with Gasteiger partial charge in [-0.3, -0.25) is 4.99 Å². The minimum atomic E-state index is -0.0521. The zero-order chi connectivity index (χ0) is 19.0. The Morgan fingerprint density at radius 2 is 2.15 bits per heavy atom. The summed E-state index contributed by atoms with van der Waals surface area (Å²) >= 11 is 7.87. The average Bonchev–Trinajstić information content (AvgIpc) is 2.98. The summed E-state index contributed by atoms with van der Waals surface area (Å²) in [5.74, 6) is 2.51. The van der Waals surface area contributed by atoms with Gasteiger partial charge in [0.15, 0.2) is 10.8 Å². The quantitative estimate of drug-likeness (QED) is 0.746. The van der Waals surface area contributed by atoms with Crippen LogP contribution >= 0.6 is 23.4 Å². The van der Waals surface area contributed by atoms with Gasteiger partial charge in [-0.25, -0.2) is 4.98 Å². The van der Waals surface area contributed by atoms with E-state index < -0.39 is 0 Å².